The smallest absolute Gasteiger partial charge is 0.112 e. The number of rotatable bonds is 6. The molecule has 0 aromatic carbocycles. The van der Waals surface area contributed by atoms with Crippen LogP contribution in [-0.4, -0.2) is 23.1 Å². The first-order valence-corrected chi connectivity index (χ1v) is 7.95. The molecule has 108 valence electrons. The van der Waals surface area contributed by atoms with Crippen molar-refractivity contribution in [1.82, 2.24) is 14.9 Å². The number of imidazole rings is 1. The molecular formula is C16H29N3. The van der Waals surface area contributed by atoms with Crippen LogP contribution in [0.3, 0.4) is 0 Å². The molecule has 0 saturated heterocycles. The summed E-state index contributed by atoms with van der Waals surface area (Å²) in [5.41, 5.74) is 0. The highest BCUT2D eigenvalue weighted by molar-refractivity contribution is 5.05. The largest absolute Gasteiger partial charge is 0.335 e. The second-order valence-corrected chi connectivity index (χ2v) is 5.99. The van der Waals surface area contributed by atoms with Crippen molar-refractivity contribution in [3.05, 3.63) is 18.2 Å². The quantitative estimate of drug-likeness (QED) is 0.852. The third-order valence-electron chi connectivity index (χ3n) is 4.69. The Labute approximate surface area is 117 Å². The molecule has 1 aromatic heterocycles. The predicted molar refractivity (Wildman–Crippen MR) is 80.3 cm³/mol. The maximum atomic E-state index is 4.69. The van der Waals surface area contributed by atoms with Crippen LogP contribution in [0.5, 0.6) is 0 Å². The lowest BCUT2D eigenvalue weighted by atomic mass is 9.72. The van der Waals surface area contributed by atoms with Gasteiger partial charge in [-0.05, 0) is 44.7 Å². The summed E-state index contributed by atoms with van der Waals surface area (Å²) >= 11 is 0. The summed E-state index contributed by atoms with van der Waals surface area (Å²) in [7, 11) is 2.07. The van der Waals surface area contributed by atoms with Gasteiger partial charge in [-0.2, -0.15) is 0 Å². The van der Waals surface area contributed by atoms with E-state index in [9.17, 15) is 0 Å². The van der Waals surface area contributed by atoms with Crippen LogP contribution < -0.4 is 5.32 Å². The summed E-state index contributed by atoms with van der Waals surface area (Å²) in [6.45, 7) is 6.80. The van der Waals surface area contributed by atoms with Crippen LogP contribution in [0.15, 0.2) is 12.4 Å². The van der Waals surface area contributed by atoms with Crippen LogP contribution in [-0.2, 0) is 6.54 Å². The number of nitrogens with zero attached hydrogens (tertiary/aromatic N) is 2. The van der Waals surface area contributed by atoms with Gasteiger partial charge in [0.1, 0.15) is 5.82 Å². The maximum Gasteiger partial charge on any atom is 0.112 e. The first-order valence-electron chi connectivity index (χ1n) is 7.95. The maximum absolute atomic E-state index is 4.69. The average molecular weight is 263 g/mol. The third kappa shape index (κ3) is 3.38. The van der Waals surface area contributed by atoms with Crippen molar-refractivity contribution in [1.29, 1.82) is 0 Å². The van der Waals surface area contributed by atoms with Crippen molar-refractivity contribution < 1.29 is 0 Å². The van der Waals surface area contributed by atoms with Crippen molar-refractivity contribution in [3.8, 4) is 0 Å². The molecule has 3 heteroatoms. The number of aromatic nitrogens is 2. The molecule has 0 aliphatic heterocycles. The molecule has 3 nitrogen and oxygen atoms in total. The zero-order valence-electron chi connectivity index (χ0n) is 12.7. The normalized spacial score (nSPS) is 27.6. The molecule has 1 N–H and O–H groups in total. The SMILES string of the molecule is CCCn1ccnc1C1CC(CC)CCC1CNC. The summed E-state index contributed by atoms with van der Waals surface area (Å²) in [5.74, 6) is 3.63. The molecule has 1 saturated carbocycles. The van der Waals surface area contributed by atoms with Gasteiger partial charge >= 0.3 is 0 Å². The Bertz CT molecular complexity index is 372. The van der Waals surface area contributed by atoms with Crippen LogP contribution in [0.4, 0.5) is 0 Å². The van der Waals surface area contributed by atoms with Gasteiger partial charge in [-0.25, -0.2) is 4.98 Å². The summed E-state index contributed by atoms with van der Waals surface area (Å²) in [4.78, 5) is 4.69. The Morgan fingerprint density at radius 2 is 2.21 bits per heavy atom. The van der Waals surface area contributed by atoms with E-state index in [4.69, 9.17) is 4.98 Å². The Morgan fingerprint density at radius 3 is 2.89 bits per heavy atom. The molecule has 2 rings (SSSR count). The standard InChI is InChI=1S/C16H29N3/c1-4-9-19-10-8-18-16(19)15-11-13(5-2)6-7-14(15)12-17-3/h8,10,13-15,17H,4-7,9,11-12H2,1-3H3. The lowest BCUT2D eigenvalue weighted by Gasteiger charge is -2.35. The molecule has 0 amide bonds. The molecule has 3 atom stereocenters. The Balaban J connectivity index is 2.17. The molecule has 1 aliphatic rings. The van der Waals surface area contributed by atoms with Crippen molar-refractivity contribution in [3.63, 3.8) is 0 Å². The van der Waals surface area contributed by atoms with E-state index in [1.807, 2.05) is 6.20 Å². The minimum atomic E-state index is 0.646. The van der Waals surface area contributed by atoms with Crippen LogP contribution in [0.1, 0.15) is 57.7 Å². The van der Waals surface area contributed by atoms with Gasteiger partial charge in [0.15, 0.2) is 0 Å². The highest BCUT2D eigenvalue weighted by atomic mass is 15.1. The molecule has 19 heavy (non-hydrogen) atoms. The molecule has 0 radical (unpaired) electrons. The van der Waals surface area contributed by atoms with Crippen molar-refractivity contribution in [2.75, 3.05) is 13.6 Å². The molecule has 0 spiro atoms. The molecule has 1 aromatic rings. The summed E-state index contributed by atoms with van der Waals surface area (Å²) in [6.07, 6.45) is 10.7. The van der Waals surface area contributed by atoms with E-state index in [2.05, 4.69) is 37.0 Å². The fourth-order valence-electron chi connectivity index (χ4n) is 3.59. The van der Waals surface area contributed by atoms with Crippen LogP contribution >= 0.6 is 0 Å². The van der Waals surface area contributed by atoms with Gasteiger partial charge in [-0.1, -0.05) is 26.7 Å². The van der Waals surface area contributed by atoms with Gasteiger partial charge < -0.3 is 9.88 Å². The molecule has 1 heterocycles. The van der Waals surface area contributed by atoms with Crippen LogP contribution in [0.25, 0.3) is 0 Å². The lowest BCUT2D eigenvalue weighted by molar-refractivity contribution is 0.218. The summed E-state index contributed by atoms with van der Waals surface area (Å²) in [5, 5.41) is 3.38. The first-order chi connectivity index (χ1) is 9.30. The van der Waals surface area contributed by atoms with E-state index in [1.165, 1.54) is 37.9 Å². The summed E-state index contributed by atoms with van der Waals surface area (Å²) in [6, 6.07) is 0. The van der Waals surface area contributed by atoms with Gasteiger partial charge in [0, 0.05) is 24.9 Å². The molecule has 3 unspecified atom stereocenters. The average Bonchev–Trinajstić information content (AvgIpc) is 2.88. The van der Waals surface area contributed by atoms with E-state index in [0.29, 0.717) is 5.92 Å². The van der Waals surface area contributed by atoms with Crippen LogP contribution in [0.2, 0.25) is 0 Å². The van der Waals surface area contributed by atoms with Crippen molar-refractivity contribution in [2.45, 2.75) is 58.4 Å². The zero-order valence-corrected chi connectivity index (χ0v) is 12.7. The number of hydrogen-bond acceptors (Lipinski definition) is 2. The predicted octanol–water partition coefficient (Wildman–Crippen LogP) is 3.42. The zero-order chi connectivity index (χ0) is 13.7. The van der Waals surface area contributed by atoms with Crippen molar-refractivity contribution >= 4 is 0 Å². The van der Waals surface area contributed by atoms with Gasteiger partial charge in [0.25, 0.3) is 0 Å². The second kappa shape index (κ2) is 7.09. The van der Waals surface area contributed by atoms with E-state index in [-0.39, 0.29) is 0 Å². The topological polar surface area (TPSA) is 29.9 Å². The van der Waals surface area contributed by atoms with Gasteiger partial charge in [0.2, 0.25) is 0 Å². The number of nitrogens with one attached hydrogen (secondary N) is 1. The minimum Gasteiger partial charge on any atom is -0.335 e. The number of aryl methyl sites for hydroxylation is 1. The lowest BCUT2D eigenvalue weighted by Crippen LogP contribution is -2.32. The van der Waals surface area contributed by atoms with Gasteiger partial charge in [-0.15, -0.1) is 0 Å². The van der Waals surface area contributed by atoms with E-state index >= 15 is 0 Å². The molecule has 1 aliphatic carbocycles. The molecule has 0 bridgehead atoms. The summed E-state index contributed by atoms with van der Waals surface area (Å²) < 4.78 is 2.38. The monoisotopic (exact) mass is 263 g/mol. The van der Waals surface area contributed by atoms with E-state index in [1.54, 1.807) is 0 Å². The van der Waals surface area contributed by atoms with E-state index in [0.717, 1.165) is 24.9 Å². The fraction of sp³-hybridized carbons (Fsp3) is 0.812. The van der Waals surface area contributed by atoms with Crippen molar-refractivity contribution in [2.24, 2.45) is 11.8 Å². The second-order valence-electron chi connectivity index (χ2n) is 5.99. The molecular weight excluding hydrogens is 234 g/mol. The van der Waals surface area contributed by atoms with E-state index < -0.39 is 0 Å². The third-order valence-corrected chi connectivity index (χ3v) is 4.69. The fourth-order valence-corrected chi connectivity index (χ4v) is 3.59. The highest BCUT2D eigenvalue weighted by Gasteiger charge is 2.32. The first kappa shape index (κ1) is 14.6. The Hall–Kier alpha value is -0.830. The highest BCUT2D eigenvalue weighted by Crippen LogP contribution is 2.40. The number of hydrogen-bond donors (Lipinski definition) is 1. The minimum absolute atomic E-state index is 0.646. The molecule has 1 fully saturated rings. The van der Waals surface area contributed by atoms with Gasteiger partial charge in [0.05, 0.1) is 0 Å². The van der Waals surface area contributed by atoms with Crippen LogP contribution in [0, 0.1) is 11.8 Å². The Kier molecular flexibility index (Phi) is 5.44. The Morgan fingerprint density at radius 1 is 1.37 bits per heavy atom. The van der Waals surface area contributed by atoms with Gasteiger partial charge in [-0.3, -0.25) is 0 Å².